The lowest BCUT2D eigenvalue weighted by Gasteiger charge is -2.16. The monoisotopic (exact) mass is 355 g/mol. The van der Waals surface area contributed by atoms with Crippen molar-refractivity contribution in [2.75, 3.05) is 5.32 Å². The van der Waals surface area contributed by atoms with E-state index in [1.54, 1.807) is 19.9 Å². The highest BCUT2D eigenvalue weighted by molar-refractivity contribution is 8.00. The van der Waals surface area contributed by atoms with Crippen LogP contribution in [0.4, 0.5) is 18.9 Å². The summed E-state index contributed by atoms with van der Waals surface area (Å²) < 4.78 is 38.9. The predicted molar refractivity (Wildman–Crippen MR) is 86.9 cm³/mol. The molecule has 0 spiro atoms. The molecule has 8 heteroatoms. The van der Waals surface area contributed by atoms with E-state index in [4.69, 9.17) is 0 Å². The number of alkyl halides is 3. The molecular formula is C16H16F3N3OS. The summed E-state index contributed by atoms with van der Waals surface area (Å²) in [5.74, 6) is 0.0538. The Balaban J connectivity index is 2.12. The maximum atomic E-state index is 13.0. The van der Waals surface area contributed by atoms with E-state index in [1.165, 1.54) is 30.0 Å². The van der Waals surface area contributed by atoms with Crippen LogP contribution in [-0.4, -0.2) is 21.1 Å². The number of nitrogens with one attached hydrogen (secondary N) is 1. The Kier molecular flexibility index (Phi) is 5.48. The number of hydrogen-bond acceptors (Lipinski definition) is 4. The molecule has 0 saturated heterocycles. The van der Waals surface area contributed by atoms with Gasteiger partial charge in [-0.2, -0.15) is 13.2 Å². The van der Waals surface area contributed by atoms with Crippen molar-refractivity contribution in [3.05, 3.63) is 47.4 Å². The molecule has 0 aliphatic heterocycles. The van der Waals surface area contributed by atoms with Gasteiger partial charge in [-0.15, -0.1) is 0 Å². The summed E-state index contributed by atoms with van der Waals surface area (Å²) in [5, 5.41) is 2.34. The molecule has 2 aromatic rings. The van der Waals surface area contributed by atoms with Crippen molar-refractivity contribution in [1.82, 2.24) is 9.97 Å². The van der Waals surface area contributed by atoms with Crippen molar-refractivity contribution in [2.24, 2.45) is 0 Å². The molecule has 0 radical (unpaired) electrons. The topological polar surface area (TPSA) is 54.9 Å². The third-order valence-corrected chi connectivity index (χ3v) is 4.12. The third kappa shape index (κ3) is 4.70. The number of rotatable bonds is 4. The Morgan fingerprint density at radius 3 is 2.50 bits per heavy atom. The molecule has 0 aliphatic rings. The van der Waals surface area contributed by atoms with E-state index in [0.29, 0.717) is 10.9 Å². The zero-order valence-electron chi connectivity index (χ0n) is 13.3. The summed E-state index contributed by atoms with van der Waals surface area (Å²) in [5.41, 5.74) is -0.359. The number of aromatic nitrogens is 2. The number of carbonyl (C=O) groups is 1. The highest BCUT2D eigenvalue weighted by atomic mass is 32.2. The van der Waals surface area contributed by atoms with E-state index in [0.717, 1.165) is 11.8 Å². The van der Waals surface area contributed by atoms with Crippen LogP contribution in [0.25, 0.3) is 0 Å². The summed E-state index contributed by atoms with van der Waals surface area (Å²) in [6.45, 7) is 5.16. The van der Waals surface area contributed by atoms with E-state index in [9.17, 15) is 18.0 Å². The fourth-order valence-electron chi connectivity index (χ4n) is 2.05. The van der Waals surface area contributed by atoms with Crippen molar-refractivity contribution in [3.8, 4) is 0 Å². The van der Waals surface area contributed by atoms with Crippen molar-refractivity contribution >= 4 is 23.4 Å². The number of aryl methyl sites for hydroxylation is 2. The minimum absolute atomic E-state index is 0.252. The van der Waals surface area contributed by atoms with Gasteiger partial charge in [0, 0.05) is 5.69 Å². The lowest BCUT2D eigenvalue weighted by atomic mass is 10.1. The first-order valence-corrected chi connectivity index (χ1v) is 8.01. The third-order valence-electron chi connectivity index (χ3n) is 3.10. The summed E-state index contributed by atoms with van der Waals surface area (Å²) in [6, 6.07) is 6.62. The zero-order chi connectivity index (χ0) is 17.9. The van der Waals surface area contributed by atoms with Gasteiger partial charge in [-0.1, -0.05) is 23.9 Å². The summed E-state index contributed by atoms with van der Waals surface area (Å²) in [7, 11) is 0. The Bertz CT molecular complexity index is 729. The Hall–Kier alpha value is -2.09. The molecule has 2 rings (SSSR count). The number of para-hydroxylation sites is 1. The van der Waals surface area contributed by atoms with Gasteiger partial charge in [-0.05, 0) is 39.0 Å². The highest BCUT2D eigenvalue weighted by Crippen LogP contribution is 2.35. The fourth-order valence-corrected chi connectivity index (χ4v) is 3.00. The number of nitrogens with zero attached hydrogens (tertiary/aromatic N) is 2. The van der Waals surface area contributed by atoms with Gasteiger partial charge in [0.1, 0.15) is 10.9 Å². The van der Waals surface area contributed by atoms with Crippen LogP contribution in [0.3, 0.4) is 0 Å². The molecule has 1 N–H and O–H groups in total. The van der Waals surface area contributed by atoms with Gasteiger partial charge in [0.2, 0.25) is 5.91 Å². The van der Waals surface area contributed by atoms with E-state index in [1.807, 2.05) is 6.92 Å². The lowest BCUT2D eigenvalue weighted by Crippen LogP contribution is -2.24. The molecule has 0 saturated carbocycles. The molecule has 1 aromatic heterocycles. The van der Waals surface area contributed by atoms with Gasteiger partial charge in [0.25, 0.3) is 0 Å². The number of benzene rings is 1. The van der Waals surface area contributed by atoms with E-state index in [2.05, 4.69) is 15.3 Å². The Morgan fingerprint density at radius 1 is 1.21 bits per heavy atom. The average molecular weight is 355 g/mol. The fraction of sp³-hybridized carbons (Fsp3) is 0.312. The summed E-state index contributed by atoms with van der Waals surface area (Å²) in [4.78, 5) is 20.6. The quantitative estimate of drug-likeness (QED) is 0.659. The minimum atomic E-state index is -4.53. The van der Waals surface area contributed by atoms with E-state index < -0.39 is 22.9 Å². The van der Waals surface area contributed by atoms with E-state index in [-0.39, 0.29) is 5.69 Å². The first-order chi connectivity index (χ1) is 11.2. The van der Waals surface area contributed by atoms with Crippen molar-refractivity contribution in [3.63, 3.8) is 0 Å². The van der Waals surface area contributed by atoms with Gasteiger partial charge in [-0.3, -0.25) is 4.79 Å². The van der Waals surface area contributed by atoms with Crippen LogP contribution in [0.2, 0.25) is 0 Å². The molecule has 1 aromatic carbocycles. The maximum Gasteiger partial charge on any atom is 0.418 e. The molecule has 1 atom stereocenters. The Labute approximate surface area is 141 Å². The van der Waals surface area contributed by atoms with Crippen LogP contribution in [-0.2, 0) is 11.0 Å². The van der Waals surface area contributed by atoms with Gasteiger partial charge in [0.15, 0.2) is 0 Å². The molecule has 24 heavy (non-hydrogen) atoms. The molecular weight excluding hydrogens is 339 g/mol. The largest absolute Gasteiger partial charge is 0.418 e. The van der Waals surface area contributed by atoms with Gasteiger partial charge in [0.05, 0.1) is 16.5 Å². The average Bonchev–Trinajstić information content (AvgIpc) is 2.45. The van der Waals surface area contributed by atoms with Crippen LogP contribution in [0.1, 0.15) is 24.0 Å². The van der Waals surface area contributed by atoms with Gasteiger partial charge < -0.3 is 5.32 Å². The molecule has 1 unspecified atom stereocenters. The number of hydrogen-bond donors (Lipinski definition) is 1. The van der Waals surface area contributed by atoms with Crippen molar-refractivity contribution < 1.29 is 18.0 Å². The summed E-state index contributed by atoms with van der Waals surface area (Å²) in [6.07, 6.45) is -4.53. The number of amides is 1. The number of halogens is 3. The SMILES string of the molecule is Cc1cc(SC(C)C(=O)Nc2ccccc2C(F)(F)F)nc(C)n1. The lowest BCUT2D eigenvalue weighted by molar-refractivity contribution is -0.137. The van der Waals surface area contributed by atoms with Gasteiger partial charge in [-0.25, -0.2) is 9.97 Å². The molecule has 4 nitrogen and oxygen atoms in total. The molecule has 1 amide bonds. The molecule has 0 bridgehead atoms. The number of carbonyl (C=O) groups excluding carboxylic acids is 1. The second-order valence-electron chi connectivity index (χ2n) is 5.19. The van der Waals surface area contributed by atoms with Gasteiger partial charge >= 0.3 is 6.18 Å². The molecule has 1 heterocycles. The second kappa shape index (κ2) is 7.21. The normalized spacial score (nSPS) is 12.8. The van der Waals surface area contributed by atoms with E-state index >= 15 is 0 Å². The first-order valence-electron chi connectivity index (χ1n) is 7.13. The smallest absolute Gasteiger partial charge is 0.325 e. The summed E-state index contributed by atoms with van der Waals surface area (Å²) >= 11 is 1.17. The minimum Gasteiger partial charge on any atom is -0.325 e. The number of thioether (sulfide) groups is 1. The van der Waals surface area contributed by atoms with Crippen LogP contribution in [0.15, 0.2) is 35.4 Å². The van der Waals surface area contributed by atoms with Crippen molar-refractivity contribution in [1.29, 1.82) is 0 Å². The molecule has 128 valence electrons. The first kappa shape index (κ1) is 18.3. The Morgan fingerprint density at radius 2 is 1.88 bits per heavy atom. The van der Waals surface area contributed by atoms with Crippen LogP contribution < -0.4 is 5.32 Å². The molecule has 0 aliphatic carbocycles. The predicted octanol–water partition coefficient (Wildman–Crippen LogP) is 4.23. The number of anilines is 1. The highest BCUT2D eigenvalue weighted by Gasteiger charge is 2.33. The maximum absolute atomic E-state index is 13.0. The molecule has 0 fully saturated rings. The van der Waals surface area contributed by atoms with Crippen LogP contribution in [0.5, 0.6) is 0 Å². The standard InChI is InChI=1S/C16H16F3N3OS/c1-9-8-14(21-11(3)20-9)24-10(2)15(23)22-13-7-5-4-6-12(13)16(17,18)19/h4-8,10H,1-3H3,(H,22,23). The zero-order valence-corrected chi connectivity index (χ0v) is 14.1. The van der Waals surface area contributed by atoms with Crippen LogP contribution >= 0.6 is 11.8 Å². The van der Waals surface area contributed by atoms with Crippen LogP contribution in [0, 0.1) is 13.8 Å². The second-order valence-corrected chi connectivity index (χ2v) is 6.55. The van der Waals surface area contributed by atoms with Crippen molar-refractivity contribution in [2.45, 2.75) is 37.2 Å².